The van der Waals surface area contributed by atoms with Crippen molar-refractivity contribution in [3.05, 3.63) is 409 Å². The van der Waals surface area contributed by atoms with Crippen molar-refractivity contribution in [2.75, 3.05) is 9.80 Å². The summed E-state index contributed by atoms with van der Waals surface area (Å²) in [6, 6.07) is 115. The number of anilines is 6. The van der Waals surface area contributed by atoms with Gasteiger partial charge in [0.15, 0.2) is 0 Å². The van der Waals surface area contributed by atoms with Gasteiger partial charge in [0, 0.05) is 61.5 Å². The van der Waals surface area contributed by atoms with Gasteiger partial charge in [0.1, 0.15) is 0 Å². The topological polar surface area (TPSA) is 11.4 Å². The second kappa shape index (κ2) is 26.6. The Hall–Kier alpha value is -13.0. The Morgan fingerprint density at radius 3 is 1.07 bits per heavy atom. The first-order chi connectivity index (χ1) is 58.3. The lowest BCUT2D eigenvalue weighted by molar-refractivity contribution is 0.590. The molecule has 0 saturated heterocycles. The van der Waals surface area contributed by atoms with Gasteiger partial charge in [-0.05, 0) is 206 Å². The maximum atomic E-state index is 10.1. The minimum absolute atomic E-state index is 0.00380. The van der Waals surface area contributed by atoms with Crippen molar-refractivity contribution in [1.82, 2.24) is 4.57 Å². The number of nitrogens with zero attached hydrogens (tertiary/aromatic N) is 3. The highest BCUT2D eigenvalue weighted by atomic mass is 15.2. The summed E-state index contributed by atoms with van der Waals surface area (Å²) in [5.74, 6) is 0. The van der Waals surface area contributed by atoms with E-state index in [9.17, 15) is 11.0 Å². The third-order valence-electron chi connectivity index (χ3n) is 23.9. The van der Waals surface area contributed by atoms with Gasteiger partial charge in [-0.1, -0.05) is 353 Å². The fraction of sp³-hybridized carbons (Fsp3) is 0.119. The van der Waals surface area contributed by atoms with Gasteiger partial charge in [-0.3, -0.25) is 0 Å². The van der Waals surface area contributed by atoms with Crippen molar-refractivity contribution < 1.29 is 11.0 Å². The van der Waals surface area contributed by atoms with Gasteiger partial charge in [0.05, 0.1) is 38.8 Å². The average Bonchev–Trinajstić information content (AvgIpc) is 1.64. The molecule has 20 rings (SSSR count). The van der Waals surface area contributed by atoms with Crippen LogP contribution in [0.3, 0.4) is 0 Å². The number of rotatable bonds is 11. The minimum atomic E-state index is -1.09. The first-order valence-electron chi connectivity index (χ1n) is 43.4. The highest BCUT2D eigenvalue weighted by Crippen LogP contribution is 2.62. The smallest absolute Gasteiger partial charge is 0.252 e. The summed E-state index contributed by atoms with van der Waals surface area (Å²) in [6.07, 6.45) is 0. The Kier molecular flexibility index (Phi) is 14.3. The Bertz CT molecular complexity index is 6810. The van der Waals surface area contributed by atoms with Gasteiger partial charge in [-0.25, -0.2) is 0 Å². The summed E-state index contributed by atoms with van der Waals surface area (Å²) in [5, 5.41) is 0.00760. The van der Waals surface area contributed by atoms with Crippen LogP contribution in [0.4, 0.5) is 34.1 Å². The quantitative estimate of drug-likeness (QED) is 0.120. The molecule has 0 atom stereocenters. The van der Waals surface area contributed by atoms with Crippen LogP contribution < -0.4 is 26.2 Å². The molecule has 4 heteroatoms. The molecule has 113 heavy (non-hydrogen) atoms. The van der Waals surface area contributed by atoms with Gasteiger partial charge >= 0.3 is 0 Å². The Morgan fingerprint density at radius 1 is 0.283 bits per heavy atom. The second-order valence-corrected chi connectivity index (χ2v) is 33.8. The molecule has 3 heterocycles. The van der Waals surface area contributed by atoms with Crippen LogP contribution in [0.1, 0.15) is 112 Å². The standard InChI is InChI=1S/C109H88BN3/c1-106(2,3)80-55-60-99-96(67-80)110-95-59-56-84(111-97-51-33-31-49-85(97)86-50-32-34-52-98(86)111)70-100(95)113(105-89(75-43-25-14-26-44-75)65-82(108(7,8)9)66-90(105)76-45-27-15-28-46-76)102-69-83(68-101(103(102)110)112(99)104-87(73-39-21-12-22-40-73)63-81(107(4,5)6)64-88(104)74-41-23-13-24-42-74)109(79-47-29-16-30-48-79)93-57-53-77(71-35-17-10-18-36-71)61-91(93)92-62-78(54-58-94(92)109)72-37-19-11-20-38-72/h10-70H,1-9H3/i31D,32D,33D,34D,49D,50D,51D,52D. The molecule has 0 fully saturated rings. The first-order valence-corrected chi connectivity index (χ1v) is 39.4. The van der Waals surface area contributed by atoms with E-state index in [-0.39, 0.29) is 50.1 Å². The molecule has 0 bridgehead atoms. The fourth-order valence-corrected chi connectivity index (χ4v) is 18.4. The number of hydrogen-bond donors (Lipinski definition) is 0. The van der Waals surface area contributed by atoms with Crippen molar-refractivity contribution in [2.24, 2.45) is 0 Å². The molecule has 0 radical (unpaired) electrons. The summed E-state index contributed by atoms with van der Waals surface area (Å²) >= 11 is 0. The summed E-state index contributed by atoms with van der Waals surface area (Å²) < 4.78 is 78.7. The highest BCUT2D eigenvalue weighted by Gasteiger charge is 2.51. The van der Waals surface area contributed by atoms with Crippen LogP contribution in [0.25, 0.3) is 105 Å². The molecule has 542 valence electrons. The van der Waals surface area contributed by atoms with E-state index in [0.29, 0.717) is 5.69 Å². The fourth-order valence-electron chi connectivity index (χ4n) is 18.4. The third-order valence-corrected chi connectivity index (χ3v) is 23.9. The van der Waals surface area contributed by atoms with E-state index in [1.54, 1.807) is 4.57 Å². The lowest BCUT2D eigenvalue weighted by atomic mass is 9.33. The molecular weight excluding hydrogens is 1360 g/mol. The van der Waals surface area contributed by atoms with Gasteiger partial charge < -0.3 is 14.4 Å². The minimum Gasteiger partial charge on any atom is -0.310 e. The number of benzene rings is 16. The van der Waals surface area contributed by atoms with Crippen molar-refractivity contribution in [2.45, 2.75) is 84.0 Å². The predicted molar refractivity (Wildman–Crippen MR) is 481 cm³/mol. The van der Waals surface area contributed by atoms with Gasteiger partial charge in [-0.15, -0.1) is 0 Å². The van der Waals surface area contributed by atoms with Crippen molar-refractivity contribution in [3.63, 3.8) is 0 Å². The number of para-hydroxylation sites is 2. The molecule has 2 aliphatic heterocycles. The average molecular weight is 1460 g/mol. The molecule has 3 nitrogen and oxygen atoms in total. The van der Waals surface area contributed by atoms with E-state index in [1.165, 1.54) is 5.56 Å². The van der Waals surface area contributed by atoms with Crippen molar-refractivity contribution in [3.8, 4) is 83.6 Å². The molecule has 0 unspecified atom stereocenters. The van der Waals surface area contributed by atoms with Gasteiger partial charge in [-0.2, -0.15) is 0 Å². The molecule has 17 aromatic rings. The SMILES string of the molecule is [2H]c1c([2H])c([2H])c2c(c1[2H])c1c([2H])c([2H])c([2H])c([2H])c1n2-c1ccc2c(c1)N(c1c(-c3ccccc3)cc(C(C)(C)C)cc1-c1ccccc1)c1cc(C3(c4ccccc4)c4ccc(-c5ccccc5)cc4-c4cc(-c5ccccc5)ccc43)cc3c1B2c1cc(C(C)(C)C)ccc1N3c1c(-c2ccccc2)cc(C(C)(C)C)cc1-c1ccccc1. The van der Waals surface area contributed by atoms with Crippen LogP contribution >= 0.6 is 0 Å². The number of aromatic nitrogens is 1. The zero-order valence-corrected chi connectivity index (χ0v) is 65.0. The van der Waals surface area contributed by atoms with E-state index in [0.717, 1.165) is 162 Å². The normalized spacial score (nSPS) is 14.4. The number of hydrogen-bond acceptors (Lipinski definition) is 2. The zero-order chi connectivity index (χ0) is 83.6. The summed E-state index contributed by atoms with van der Waals surface area (Å²) in [6.45, 7) is 20.1. The van der Waals surface area contributed by atoms with Crippen LogP contribution in [0.5, 0.6) is 0 Å². The summed E-state index contributed by atoms with van der Waals surface area (Å²) in [7, 11) is 0. The van der Waals surface area contributed by atoms with E-state index >= 15 is 0 Å². The lowest BCUT2D eigenvalue weighted by Crippen LogP contribution is -2.61. The molecule has 0 saturated carbocycles. The van der Waals surface area contributed by atoms with Crippen LogP contribution in [0.15, 0.2) is 370 Å². The largest absolute Gasteiger partial charge is 0.310 e. The predicted octanol–water partition coefficient (Wildman–Crippen LogP) is 27.1. The van der Waals surface area contributed by atoms with Gasteiger partial charge in [0.25, 0.3) is 6.71 Å². The second-order valence-electron chi connectivity index (χ2n) is 33.8. The van der Waals surface area contributed by atoms with Crippen LogP contribution in [0, 0.1) is 0 Å². The number of fused-ring (bicyclic) bond motifs is 10. The maximum absolute atomic E-state index is 10.1. The van der Waals surface area contributed by atoms with Gasteiger partial charge in [0.2, 0.25) is 0 Å². The Labute approximate surface area is 676 Å². The molecule has 3 aliphatic rings. The summed E-state index contributed by atoms with van der Waals surface area (Å²) in [5.41, 5.74) is 29.3. The Morgan fingerprint density at radius 2 is 0.664 bits per heavy atom. The van der Waals surface area contributed by atoms with E-state index < -0.39 is 48.4 Å². The summed E-state index contributed by atoms with van der Waals surface area (Å²) in [4.78, 5) is 5.16. The molecule has 16 aromatic carbocycles. The molecule has 0 amide bonds. The monoisotopic (exact) mass is 1460 g/mol. The Balaban J connectivity index is 1.04. The molecule has 1 aliphatic carbocycles. The maximum Gasteiger partial charge on any atom is 0.252 e. The zero-order valence-electron chi connectivity index (χ0n) is 73.0. The van der Waals surface area contributed by atoms with Crippen molar-refractivity contribution >= 4 is 79.0 Å². The van der Waals surface area contributed by atoms with E-state index in [2.05, 4.69) is 388 Å². The first kappa shape index (κ1) is 60.8. The van der Waals surface area contributed by atoms with Crippen LogP contribution in [0.2, 0.25) is 0 Å². The molecule has 0 N–H and O–H groups in total. The third kappa shape index (κ3) is 11.3. The molecular formula is C109H88BN3. The van der Waals surface area contributed by atoms with E-state index in [1.807, 2.05) is 6.07 Å². The lowest BCUT2D eigenvalue weighted by Gasteiger charge is -2.47. The van der Waals surface area contributed by atoms with Crippen LogP contribution in [-0.4, -0.2) is 11.3 Å². The van der Waals surface area contributed by atoms with E-state index in [4.69, 9.17) is 0 Å². The molecule has 0 spiro atoms. The van der Waals surface area contributed by atoms with Crippen molar-refractivity contribution in [1.29, 1.82) is 0 Å². The highest BCUT2D eigenvalue weighted by molar-refractivity contribution is 7.00. The van der Waals surface area contributed by atoms with Crippen LogP contribution in [-0.2, 0) is 21.7 Å². The molecule has 1 aromatic heterocycles.